The number of carboxylic acid groups (broad SMARTS) is 1. The fourth-order valence-electron chi connectivity index (χ4n) is 1.58. The molecule has 2 aromatic rings. The summed E-state index contributed by atoms with van der Waals surface area (Å²) >= 11 is 0. The van der Waals surface area contributed by atoms with E-state index in [1.807, 2.05) is 11.6 Å². The van der Waals surface area contributed by atoms with Crippen molar-refractivity contribution in [1.29, 1.82) is 0 Å². The SMILES string of the molecule is Cc1oc(C(=O)O)cc1CNCc1nncn1C. The average Bonchev–Trinajstić information content (AvgIpc) is 2.87. The molecular formula is C11H14N4O3. The first kappa shape index (κ1) is 12.3. The van der Waals surface area contributed by atoms with Gasteiger partial charge in [0, 0.05) is 19.2 Å². The molecule has 0 amide bonds. The highest BCUT2D eigenvalue weighted by molar-refractivity contribution is 5.84. The van der Waals surface area contributed by atoms with Crippen molar-refractivity contribution in [1.82, 2.24) is 20.1 Å². The van der Waals surface area contributed by atoms with E-state index in [2.05, 4.69) is 15.5 Å². The quantitative estimate of drug-likeness (QED) is 0.811. The topological polar surface area (TPSA) is 93.2 Å². The Morgan fingerprint density at radius 1 is 1.56 bits per heavy atom. The number of nitrogens with zero attached hydrogens (tertiary/aromatic N) is 3. The summed E-state index contributed by atoms with van der Waals surface area (Å²) in [6.45, 7) is 2.82. The number of carbonyl (C=O) groups is 1. The summed E-state index contributed by atoms with van der Waals surface area (Å²) in [6.07, 6.45) is 1.63. The largest absolute Gasteiger partial charge is 0.475 e. The summed E-state index contributed by atoms with van der Waals surface area (Å²) < 4.78 is 6.93. The molecule has 0 aliphatic carbocycles. The minimum atomic E-state index is -1.06. The number of aromatic nitrogens is 3. The highest BCUT2D eigenvalue weighted by Crippen LogP contribution is 2.14. The normalized spacial score (nSPS) is 10.8. The Labute approximate surface area is 103 Å². The van der Waals surface area contributed by atoms with Crippen molar-refractivity contribution in [2.24, 2.45) is 7.05 Å². The minimum Gasteiger partial charge on any atom is -0.475 e. The monoisotopic (exact) mass is 250 g/mol. The maximum Gasteiger partial charge on any atom is 0.371 e. The van der Waals surface area contributed by atoms with Crippen LogP contribution in [0.3, 0.4) is 0 Å². The maximum atomic E-state index is 10.7. The summed E-state index contributed by atoms with van der Waals surface area (Å²) in [4.78, 5) is 10.7. The van der Waals surface area contributed by atoms with Crippen molar-refractivity contribution < 1.29 is 14.3 Å². The van der Waals surface area contributed by atoms with Gasteiger partial charge in [-0.15, -0.1) is 10.2 Å². The zero-order chi connectivity index (χ0) is 13.1. The molecule has 0 unspecified atom stereocenters. The number of aromatic carboxylic acids is 1. The van der Waals surface area contributed by atoms with Gasteiger partial charge in [-0.1, -0.05) is 0 Å². The first-order chi connectivity index (χ1) is 8.58. The van der Waals surface area contributed by atoms with Crippen LogP contribution >= 0.6 is 0 Å². The van der Waals surface area contributed by atoms with Crippen LogP contribution < -0.4 is 5.32 Å². The molecule has 0 radical (unpaired) electrons. The Balaban J connectivity index is 1.94. The molecule has 7 heteroatoms. The van der Waals surface area contributed by atoms with Gasteiger partial charge in [0.25, 0.3) is 0 Å². The molecule has 0 bridgehead atoms. The predicted molar refractivity (Wildman–Crippen MR) is 62.0 cm³/mol. The van der Waals surface area contributed by atoms with E-state index >= 15 is 0 Å². The number of hydrogen-bond acceptors (Lipinski definition) is 5. The summed E-state index contributed by atoms with van der Waals surface area (Å²) in [5, 5.41) is 19.7. The number of aryl methyl sites for hydroxylation is 2. The van der Waals surface area contributed by atoms with Gasteiger partial charge in [-0.25, -0.2) is 4.79 Å². The molecule has 2 N–H and O–H groups in total. The molecule has 96 valence electrons. The molecule has 0 saturated carbocycles. The van der Waals surface area contributed by atoms with Crippen molar-refractivity contribution in [2.45, 2.75) is 20.0 Å². The van der Waals surface area contributed by atoms with Crippen LogP contribution in [-0.4, -0.2) is 25.8 Å². The lowest BCUT2D eigenvalue weighted by Crippen LogP contribution is -2.15. The first-order valence-electron chi connectivity index (χ1n) is 5.44. The van der Waals surface area contributed by atoms with Crippen LogP contribution in [0.1, 0.15) is 27.7 Å². The van der Waals surface area contributed by atoms with E-state index in [1.165, 1.54) is 6.07 Å². The van der Waals surface area contributed by atoms with Gasteiger partial charge in [0.05, 0.1) is 6.54 Å². The standard InChI is InChI=1S/C11H14N4O3/c1-7-8(3-9(18-7)11(16)17)4-12-5-10-14-13-6-15(10)2/h3,6,12H,4-5H2,1-2H3,(H,16,17). The van der Waals surface area contributed by atoms with Gasteiger partial charge in [0.1, 0.15) is 17.9 Å². The third kappa shape index (κ3) is 2.57. The second-order valence-corrected chi connectivity index (χ2v) is 3.96. The molecule has 0 saturated heterocycles. The Kier molecular flexibility index (Phi) is 3.42. The van der Waals surface area contributed by atoms with Crippen molar-refractivity contribution in [3.8, 4) is 0 Å². The summed E-state index contributed by atoms with van der Waals surface area (Å²) in [5.74, 6) is 0.327. The van der Waals surface area contributed by atoms with E-state index in [9.17, 15) is 4.79 Å². The van der Waals surface area contributed by atoms with Gasteiger partial charge >= 0.3 is 5.97 Å². The predicted octanol–water partition coefficient (Wildman–Crippen LogP) is 0.705. The number of rotatable bonds is 5. The average molecular weight is 250 g/mol. The number of carboxylic acids is 1. The molecule has 7 nitrogen and oxygen atoms in total. The van der Waals surface area contributed by atoms with Gasteiger partial charge in [0.15, 0.2) is 0 Å². The fourth-order valence-corrected chi connectivity index (χ4v) is 1.58. The highest BCUT2D eigenvalue weighted by atomic mass is 16.4. The van der Waals surface area contributed by atoms with E-state index in [0.717, 1.165) is 11.4 Å². The van der Waals surface area contributed by atoms with Crippen molar-refractivity contribution in [2.75, 3.05) is 0 Å². The highest BCUT2D eigenvalue weighted by Gasteiger charge is 2.12. The molecule has 2 rings (SSSR count). The van der Waals surface area contributed by atoms with Crippen molar-refractivity contribution in [3.05, 3.63) is 35.3 Å². The van der Waals surface area contributed by atoms with Gasteiger partial charge in [-0.3, -0.25) is 0 Å². The zero-order valence-electron chi connectivity index (χ0n) is 10.2. The van der Waals surface area contributed by atoms with Crippen LogP contribution in [0, 0.1) is 6.92 Å². The molecule has 0 aliphatic rings. The van der Waals surface area contributed by atoms with E-state index in [0.29, 0.717) is 18.8 Å². The zero-order valence-corrected chi connectivity index (χ0v) is 10.2. The second-order valence-electron chi connectivity index (χ2n) is 3.96. The Hall–Kier alpha value is -2.15. The molecule has 0 fully saturated rings. The molecule has 18 heavy (non-hydrogen) atoms. The van der Waals surface area contributed by atoms with E-state index < -0.39 is 5.97 Å². The molecule has 2 heterocycles. The van der Waals surface area contributed by atoms with Crippen LogP contribution in [0.25, 0.3) is 0 Å². The van der Waals surface area contributed by atoms with Crippen LogP contribution in [0.2, 0.25) is 0 Å². The lowest BCUT2D eigenvalue weighted by Gasteiger charge is -2.02. The number of furan rings is 1. The molecule has 0 spiro atoms. The maximum absolute atomic E-state index is 10.7. The summed E-state index contributed by atoms with van der Waals surface area (Å²) in [7, 11) is 1.86. The molecule has 0 aliphatic heterocycles. The van der Waals surface area contributed by atoms with Crippen LogP contribution in [0.4, 0.5) is 0 Å². The number of nitrogens with one attached hydrogen (secondary N) is 1. The molecule has 0 atom stereocenters. The smallest absolute Gasteiger partial charge is 0.371 e. The van der Waals surface area contributed by atoms with Crippen LogP contribution in [-0.2, 0) is 20.1 Å². The Morgan fingerprint density at radius 3 is 2.89 bits per heavy atom. The first-order valence-corrected chi connectivity index (χ1v) is 5.44. The Morgan fingerprint density at radius 2 is 2.33 bits per heavy atom. The van der Waals surface area contributed by atoms with Gasteiger partial charge in [0.2, 0.25) is 5.76 Å². The van der Waals surface area contributed by atoms with Crippen LogP contribution in [0.15, 0.2) is 16.8 Å². The third-order valence-electron chi connectivity index (χ3n) is 2.64. The molecule has 0 aromatic carbocycles. The van der Waals surface area contributed by atoms with Crippen molar-refractivity contribution >= 4 is 5.97 Å². The van der Waals surface area contributed by atoms with Gasteiger partial charge in [-0.2, -0.15) is 0 Å². The van der Waals surface area contributed by atoms with E-state index in [1.54, 1.807) is 13.3 Å². The van der Waals surface area contributed by atoms with Gasteiger partial charge < -0.3 is 19.4 Å². The lowest BCUT2D eigenvalue weighted by molar-refractivity contribution is 0.0661. The minimum absolute atomic E-state index is 0.0389. The van der Waals surface area contributed by atoms with Gasteiger partial charge in [-0.05, 0) is 13.0 Å². The number of hydrogen-bond donors (Lipinski definition) is 2. The van der Waals surface area contributed by atoms with Crippen LogP contribution in [0.5, 0.6) is 0 Å². The molecule has 2 aromatic heterocycles. The van der Waals surface area contributed by atoms with E-state index in [4.69, 9.17) is 9.52 Å². The summed E-state index contributed by atoms with van der Waals surface area (Å²) in [5.41, 5.74) is 0.828. The third-order valence-corrected chi connectivity index (χ3v) is 2.64. The van der Waals surface area contributed by atoms with Crippen molar-refractivity contribution in [3.63, 3.8) is 0 Å². The molecular weight excluding hydrogens is 236 g/mol. The second kappa shape index (κ2) is 5.01. The summed E-state index contributed by atoms with van der Waals surface area (Å²) in [6, 6.07) is 1.53. The fraction of sp³-hybridized carbons (Fsp3) is 0.364. The Bertz CT molecular complexity index is 558. The lowest BCUT2D eigenvalue weighted by atomic mass is 10.2. The van der Waals surface area contributed by atoms with E-state index in [-0.39, 0.29) is 5.76 Å².